The van der Waals surface area contributed by atoms with Gasteiger partial charge in [-0.3, -0.25) is 9.78 Å². The molecule has 2 aromatic heterocycles. The zero-order valence-electron chi connectivity index (χ0n) is 14.6. The number of ether oxygens (including phenoxy) is 1. The van der Waals surface area contributed by atoms with E-state index >= 15 is 0 Å². The van der Waals surface area contributed by atoms with Crippen LogP contribution in [0.25, 0.3) is 27.9 Å². The number of aromatic amines is 1. The summed E-state index contributed by atoms with van der Waals surface area (Å²) in [6, 6.07) is 8.88. The summed E-state index contributed by atoms with van der Waals surface area (Å²) in [5.41, 5.74) is 1.53. The highest BCUT2D eigenvalue weighted by atomic mass is 19.2. The molecule has 0 aliphatic rings. The Morgan fingerprint density at radius 1 is 1.07 bits per heavy atom. The number of allylic oxidation sites excluding steroid dienone is 1. The number of fused-ring (bicyclic) bond motifs is 3. The van der Waals surface area contributed by atoms with Crippen molar-refractivity contribution in [2.24, 2.45) is 0 Å². The predicted molar refractivity (Wildman–Crippen MR) is 99.8 cm³/mol. The van der Waals surface area contributed by atoms with Gasteiger partial charge in [-0.2, -0.15) is 0 Å². The minimum absolute atomic E-state index is 0.0262. The number of pyridine rings is 1. The van der Waals surface area contributed by atoms with Crippen LogP contribution in [0.2, 0.25) is 0 Å². The lowest BCUT2D eigenvalue weighted by atomic mass is 10.1. The molecule has 140 valence electrons. The summed E-state index contributed by atoms with van der Waals surface area (Å²) in [4.78, 5) is 19.9. The normalized spacial score (nSPS) is 11.6. The van der Waals surface area contributed by atoms with E-state index in [0.717, 1.165) is 34.5 Å². The predicted octanol–water partition coefficient (Wildman–Crippen LogP) is 5.04. The number of halogens is 3. The summed E-state index contributed by atoms with van der Waals surface area (Å²) in [5, 5.41) is 1.66. The number of hydrogen-bond donors (Lipinski definition) is 1. The molecule has 4 aromatic rings. The second-order valence-corrected chi connectivity index (χ2v) is 6.11. The Morgan fingerprint density at radius 2 is 1.82 bits per heavy atom. The molecule has 0 radical (unpaired) electrons. The van der Waals surface area contributed by atoms with E-state index in [1.165, 1.54) is 12.3 Å². The zero-order valence-corrected chi connectivity index (χ0v) is 14.6. The first-order valence-electron chi connectivity index (χ1n) is 8.29. The lowest BCUT2D eigenvalue weighted by molar-refractivity contribution is 0.104. The summed E-state index contributed by atoms with van der Waals surface area (Å²) >= 11 is 0. The maximum atomic E-state index is 13.3. The minimum Gasteiger partial charge on any atom is -0.497 e. The lowest BCUT2D eigenvalue weighted by Gasteiger charge is -2.00. The van der Waals surface area contributed by atoms with Crippen molar-refractivity contribution in [3.8, 4) is 5.75 Å². The summed E-state index contributed by atoms with van der Waals surface area (Å²) in [7, 11) is 1.57. The van der Waals surface area contributed by atoms with Crippen molar-refractivity contribution in [3.63, 3.8) is 0 Å². The summed E-state index contributed by atoms with van der Waals surface area (Å²) in [5.74, 6) is -3.98. The smallest absolute Gasteiger partial charge is 0.206 e. The third-order valence-corrected chi connectivity index (χ3v) is 4.39. The standard InChI is InChI=1S/C21H13F3N2O2/c1-28-12-3-4-17-14(10-12)13-6-7-25-21(20(13)26-17)18(27)5-2-11-8-15(22)19(24)16(23)9-11/h2-10,26H,1H3. The number of aromatic nitrogens is 2. The Kier molecular flexibility index (Phi) is 4.35. The Bertz CT molecular complexity index is 1240. The molecular weight excluding hydrogens is 369 g/mol. The number of methoxy groups -OCH3 is 1. The molecule has 7 heteroatoms. The zero-order chi connectivity index (χ0) is 19.8. The molecule has 2 aromatic carbocycles. The van der Waals surface area contributed by atoms with Gasteiger partial charge in [0.25, 0.3) is 0 Å². The van der Waals surface area contributed by atoms with Gasteiger partial charge >= 0.3 is 0 Å². The number of benzene rings is 2. The van der Waals surface area contributed by atoms with E-state index in [2.05, 4.69) is 9.97 Å². The molecule has 0 bridgehead atoms. The number of rotatable bonds is 4. The van der Waals surface area contributed by atoms with Gasteiger partial charge in [0.05, 0.1) is 12.6 Å². The van der Waals surface area contributed by atoms with Crippen molar-refractivity contribution >= 4 is 33.7 Å². The van der Waals surface area contributed by atoms with Gasteiger partial charge in [0, 0.05) is 22.5 Å². The first-order valence-corrected chi connectivity index (χ1v) is 8.29. The second kappa shape index (κ2) is 6.84. The largest absolute Gasteiger partial charge is 0.497 e. The van der Waals surface area contributed by atoms with Crippen molar-refractivity contribution in [2.75, 3.05) is 7.11 Å². The molecule has 0 aliphatic heterocycles. The van der Waals surface area contributed by atoms with Gasteiger partial charge in [-0.25, -0.2) is 13.2 Å². The van der Waals surface area contributed by atoms with Gasteiger partial charge in [0.1, 0.15) is 11.4 Å². The van der Waals surface area contributed by atoms with Crippen LogP contribution in [-0.2, 0) is 0 Å². The van der Waals surface area contributed by atoms with Crippen LogP contribution >= 0.6 is 0 Å². The third kappa shape index (κ3) is 3.00. The molecule has 4 nitrogen and oxygen atoms in total. The van der Waals surface area contributed by atoms with E-state index in [0.29, 0.717) is 11.3 Å². The van der Waals surface area contributed by atoms with E-state index in [1.54, 1.807) is 19.2 Å². The average molecular weight is 382 g/mol. The van der Waals surface area contributed by atoms with Crippen LogP contribution in [0.15, 0.2) is 48.7 Å². The third-order valence-electron chi connectivity index (χ3n) is 4.39. The van der Waals surface area contributed by atoms with E-state index < -0.39 is 23.2 Å². The summed E-state index contributed by atoms with van der Waals surface area (Å²) < 4.78 is 44.9. The molecule has 0 unspecified atom stereocenters. The van der Waals surface area contributed by atoms with Crippen molar-refractivity contribution in [1.29, 1.82) is 0 Å². The molecule has 0 saturated heterocycles. The molecule has 0 saturated carbocycles. The molecule has 0 amide bonds. The fourth-order valence-electron chi connectivity index (χ4n) is 3.04. The monoisotopic (exact) mass is 382 g/mol. The van der Waals surface area contributed by atoms with Crippen LogP contribution in [0, 0.1) is 17.5 Å². The van der Waals surface area contributed by atoms with Gasteiger partial charge in [-0.15, -0.1) is 0 Å². The minimum atomic E-state index is -1.55. The number of carbonyl (C=O) groups excluding carboxylic acids is 1. The summed E-state index contributed by atoms with van der Waals surface area (Å²) in [6.45, 7) is 0. The van der Waals surface area contributed by atoms with Crippen LogP contribution in [0.4, 0.5) is 13.2 Å². The van der Waals surface area contributed by atoms with E-state index in [1.807, 2.05) is 12.1 Å². The SMILES string of the molecule is COc1ccc2[nH]c3c(C(=O)C=Cc4cc(F)c(F)c(F)c4)nccc3c2c1. The molecule has 28 heavy (non-hydrogen) atoms. The maximum absolute atomic E-state index is 13.3. The van der Waals surface area contributed by atoms with Crippen molar-refractivity contribution in [1.82, 2.24) is 9.97 Å². The Labute approximate surface area is 157 Å². The van der Waals surface area contributed by atoms with Crippen molar-refractivity contribution in [2.45, 2.75) is 0 Å². The van der Waals surface area contributed by atoms with E-state index in [9.17, 15) is 18.0 Å². The molecule has 4 rings (SSSR count). The fourth-order valence-corrected chi connectivity index (χ4v) is 3.04. The molecule has 1 N–H and O–H groups in total. The Hall–Kier alpha value is -3.61. The fraction of sp³-hybridized carbons (Fsp3) is 0.0476. The Balaban J connectivity index is 1.75. The molecule has 0 aliphatic carbocycles. The molecular formula is C21H13F3N2O2. The van der Waals surface area contributed by atoms with Crippen LogP contribution in [0.1, 0.15) is 16.1 Å². The van der Waals surface area contributed by atoms with Gasteiger partial charge in [0.15, 0.2) is 17.5 Å². The average Bonchev–Trinajstić information content (AvgIpc) is 3.07. The highest BCUT2D eigenvalue weighted by molar-refractivity contribution is 6.17. The topological polar surface area (TPSA) is 55.0 Å². The number of carbonyl (C=O) groups is 1. The molecule has 0 fully saturated rings. The first kappa shape index (κ1) is 17.8. The van der Waals surface area contributed by atoms with Crippen LogP contribution < -0.4 is 4.74 Å². The molecule has 0 atom stereocenters. The van der Waals surface area contributed by atoms with Crippen molar-refractivity contribution in [3.05, 3.63) is 77.4 Å². The van der Waals surface area contributed by atoms with E-state index in [-0.39, 0.29) is 11.3 Å². The van der Waals surface area contributed by atoms with E-state index in [4.69, 9.17) is 4.74 Å². The number of ketones is 1. The van der Waals surface area contributed by atoms with Crippen molar-refractivity contribution < 1.29 is 22.7 Å². The quantitative estimate of drug-likeness (QED) is 0.306. The van der Waals surface area contributed by atoms with Crippen LogP contribution in [0.5, 0.6) is 5.75 Å². The number of nitrogens with one attached hydrogen (secondary N) is 1. The molecule has 2 heterocycles. The number of nitrogens with zero attached hydrogens (tertiary/aromatic N) is 1. The van der Waals surface area contributed by atoms with Crippen LogP contribution in [0.3, 0.4) is 0 Å². The second-order valence-electron chi connectivity index (χ2n) is 6.11. The summed E-state index contributed by atoms with van der Waals surface area (Å²) in [6.07, 6.45) is 3.85. The van der Waals surface area contributed by atoms with Gasteiger partial charge < -0.3 is 9.72 Å². The van der Waals surface area contributed by atoms with Gasteiger partial charge in [-0.1, -0.05) is 6.08 Å². The maximum Gasteiger partial charge on any atom is 0.206 e. The number of hydrogen-bond acceptors (Lipinski definition) is 3. The highest BCUT2D eigenvalue weighted by Gasteiger charge is 2.14. The highest BCUT2D eigenvalue weighted by Crippen LogP contribution is 2.30. The molecule has 0 spiro atoms. The number of H-pyrrole nitrogens is 1. The van der Waals surface area contributed by atoms with Gasteiger partial charge in [-0.05, 0) is 48.0 Å². The van der Waals surface area contributed by atoms with Gasteiger partial charge in [0.2, 0.25) is 5.78 Å². The van der Waals surface area contributed by atoms with Crippen LogP contribution in [-0.4, -0.2) is 22.9 Å². The Morgan fingerprint density at radius 3 is 2.54 bits per heavy atom. The lowest BCUT2D eigenvalue weighted by Crippen LogP contribution is -1.99. The first-order chi connectivity index (χ1) is 13.5.